The minimum absolute atomic E-state index is 0.206. The first-order valence-corrected chi connectivity index (χ1v) is 10.8. The van der Waals surface area contributed by atoms with Crippen LogP contribution in [0.2, 0.25) is 0 Å². The Bertz CT molecular complexity index is 1090. The molecule has 0 radical (unpaired) electrons. The third kappa shape index (κ3) is 3.51. The SMILES string of the molecule is CCCn1c(=O)c2sc(N3CCCCC3)nc2n(Cc2ccc(C)cc2)c1=O. The highest BCUT2D eigenvalue weighted by Crippen LogP contribution is 2.28. The second kappa shape index (κ2) is 7.91. The number of anilines is 1. The van der Waals surface area contributed by atoms with Crippen molar-refractivity contribution in [3.63, 3.8) is 0 Å². The number of benzene rings is 1. The van der Waals surface area contributed by atoms with Crippen LogP contribution in [0.25, 0.3) is 10.3 Å². The molecule has 0 amide bonds. The molecule has 0 bridgehead atoms. The molecular weight excluding hydrogens is 372 g/mol. The molecule has 7 heteroatoms. The Kier molecular flexibility index (Phi) is 5.35. The van der Waals surface area contributed by atoms with E-state index in [4.69, 9.17) is 4.98 Å². The largest absolute Gasteiger partial charge is 0.348 e. The number of fused-ring (bicyclic) bond motifs is 1. The van der Waals surface area contributed by atoms with E-state index in [0.29, 0.717) is 23.4 Å². The molecule has 2 aromatic heterocycles. The Morgan fingerprint density at radius 3 is 2.43 bits per heavy atom. The van der Waals surface area contributed by atoms with Crippen molar-refractivity contribution in [2.24, 2.45) is 0 Å². The van der Waals surface area contributed by atoms with Gasteiger partial charge in [0.05, 0.1) is 6.54 Å². The fourth-order valence-electron chi connectivity index (χ4n) is 3.73. The van der Waals surface area contributed by atoms with Crippen LogP contribution in [0.4, 0.5) is 5.13 Å². The van der Waals surface area contributed by atoms with Gasteiger partial charge in [0.1, 0.15) is 4.70 Å². The molecule has 1 aromatic carbocycles. The van der Waals surface area contributed by atoms with Gasteiger partial charge < -0.3 is 4.90 Å². The van der Waals surface area contributed by atoms with Crippen molar-refractivity contribution in [1.82, 2.24) is 14.1 Å². The van der Waals surface area contributed by atoms with E-state index in [-0.39, 0.29) is 11.2 Å². The van der Waals surface area contributed by atoms with Gasteiger partial charge >= 0.3 is 5.69 Å². The van der Waals surface area contributed by atoms with Gasteiger partial charge in [-0.05, 0) is 38.2 Å². The van der Waals surface area contributed by atoms with E-state index in [1.165, 1.54) is 27.9 Å². The Morgan fingerprint density at radius 2 is 1.75 bits per heavy atom. The molecule has 0 N–H and O–H groups in total. The lowest BCUT2D eigenvalue weighted by atomic mass is 10.1. The van der Waals surface area contributed by atoms with Crippen LogP contribution in [0.5, 0.6) is 0 Å². The highest BCUT2D eigenvalue weighted by atomic mass is 32.1. The van der Waals surface area contributed by atoms with Crippen molar-refractivity contribution in [3.8, 4) is 0 Å². The first-order valence-electron chi connectivity index (χ1n) is 10.0. The predicted octanol–water partition coefficient (Wildman–Crippen LogP) is 3.38. The van der Waals surface area contributed by atoms with Gasteiger partial charge in [-0.1, -0.05) is 48.1 Å². The zero-order valence-electron chi connectivity index (χ0n) is 16.5. The lowest BCUT2D eigenvalue weighted by Gasteiger charge is -2.25. The zero-order chi connectivity index (χ0) is 19.7. The maximum atomic E-state index is 13.1. The summed E-state index contributed by atoms with van der Waals surface area (Å²) in [6.45, 7) is 6.80. The number of aryl methyl sites for hydroxylation is 1. The maximum Gasteiger partial charge on any atom is 0.333 e. The van der Waals surface area contributed by atoms with Crippen LogP contribution in [0, 0.1) is 6.92 Å². The summed E-state index contributed by atoms with van der Waals surface area (Å²) in [4.78, 5) is 33.1. The van der Waals surface area contributed by atoms with Gasteiger partial charge in [0, 0.05) is 19.6 Å². The zero-order valence-corrected chi connectivity index (χ0v) is 17.3. The molecule has 28 heavy (non-hydrogen) atoms. The molecule has 1 fully saturated rings. The van der Waals surface area contributed by atoms with E-state index in [0.717, 1.165) is 43.0 Å². The van der Waals surface area contributed by atoms with Gasteiger partial charge in [-0.2, -0.15) is 0 Å². The molecule has 1 aliphatic heterocycles. The van der Waals surface area contributed by atoms with Crippen molar-refractivity contribution in [2.45, 2.75) is 52.6 Å². The smallest absolute Gasteiger partial charge is 0.333 e. The van der Waals surface area contributed by atoms with Crippen molar-refractivity contribution in [3.05, 3.63) is 56.2 Å². The summed E-state index contributed by atoms with van der Waals surface area (Å²) in [5.74, 6) is 0. The molecule has 0 spiro atoms. The van der Waals surface area contributed by atoms with Gasteiger partial charge in [0.15, 0.2) is 10.8 Å². The molecule has 1 aliphatic rings. The van der Waals surface area contributed by atoms with E-state index in [1.54, 1.807) is 4.57 Å². The number of hydrogen-bond acceptors (Lipinski definition) is 5. The first kappa shape index (κ1) is 18.9. The molecule has 4 rings (SSSR count). The number of aromatic nitrogens is 3. The third-order valence-electron chi connectivity index (χ3n) is 5.29. The van der Waals surface area contributed by atoms with Crippen LogP contribution < -0.4 is 16.1 Å². The molecule has 1 saturated heterocycles. The van der Waals surface area contributed by atoms with E-state index in [9.17, 15) is 9.59 Å². The maximum absolute atomic E-state index is 13.1. The van der Waals surface area contributed by atoms with Crippen LogP contribution in [-0.4, -0.2) is 27.2 Å². The average Bonchev–Trinajstić information content (AvgIpc) is 3.16. The normalized spacial score (nSPS) is 14.7. The monoisotopic (exact) mass is 398 g/mol. The van der Waals surface area contributed by atoms with E-state index < -0.39 is 0 Å². The molecule has 0 atom stereocenters. The van der Waals surface area contributed by atoms with Crippen molar-refractivity contribution < 1.29 is 0 Å². The lowest BCUT2D eigenvalue weighted by Crippen LogP contribution is -2.40. The second-order valence-corrected chi connectivity index (χ2v) is 8.49. The van der Waals surface area contributed by atoms with E-state index in [1.807, 2.05) is 38.1 Å². The molecule has 0 unspecified atom stereocenters. The van der Waals surface area contributed by atoms with Crippen LogP contribution in [0.3, 0.4) is 0 Å². The van der Waals surface area contributed by atoms with E-state index >= 15 is 0 Å². The number of thiazole rings is 1. The Balaban J connectivity index is 1.87. The van der Waals surface area contributed by atoms with Gasteiger partial charge in [-0.3, -0.25) is 13.9 Å². The van der Waals surface area contributed by atoms with Crippen LogP contribution in [0.15, 0.2) is 33.9 Å². The first-order chi connectivity index (χ1) is 13.6. The molecule has 3 heterocycles. The summed E-state index contributed by atoms with van der Waals surface area (Å²) in [5.41, 5.74) is 2.26. The molecule has 6 nitrogen and oxygen atoms in total. The van der Waals surface area contributed by atoms with Gasteiger partial charge in [-0.25, -0.2) is 9.78 Å². The van der Waals surface area contributed by atoms with Crippen molar-refractivity contribution in [2.75, 3.05) is 18.0 Å². The Hall–Kier alpha value is -2.41. The number of rotatable bonds is 5. The summed E-state index contributed by atoms with van der Waals surface area (Å²) in [6, 6.07) is 8.14. The number of hydrogen-bond donors (Lipinski definition) is 0. The number of piperidine rings is 1. The summed E-state index contributed by atoms with van der Waals surface area (Å²) in [6.07, 6.45) is 4.27. The summed E-state index contributed by atoms with van der Waals surface area (Å²) < 4.78 is 3.62. The highest BCUT2D eigenvalue weighted by molar-refractivity contribution is 7.22. The van der Waals surface area contributed by atoms with Crippen LogP contribution in [0.1, 0.15) is 43.7 Å². The Morgan fingerprint density at radius 1 is 1.04 bits per heavy atom. The third-order valence-corrected chi connectivity index (χ3v) is 6.38. The van der Waals surface area contributed by atoms with Crippen molar-refractivity contribution >= 4 is 26.8 Å². The molecule has 3 aromatic rings. The summed E-state index contributed by atoms with van der Waals surface area (Å²) in [5, 5.41) is 0.859. The molecule has 0 aliphatic carbocycles. The topological polar surface area (TPSA) is 60.1 Å². The van der Waals surface area contributed by atoms with E-state index in [2.05, 4.69) is 4.90 Å². The average molecular weight is 399 g/mol. The fourth-order valence-corrected chi connectivity index (χ4v) is 4.80. The van der Waals surface area contributed by atoms with Gasteiger partial charge in [0.2, 0.25) is 0 Å². The fraction of sp³-hybridized carbons (Fsp3) is 0.476. The standard InChI is InChI=1S/C21H26N4O2S/c1-3-11-24-19(26)17-18(22-20(28-17)23-12-5-4-6-13-23)25(21(24)27)14-16-9-7-15(2)8-10-16/h7-10H,3-6,11-14H2,1-2H3. The van der Waals surface area contributed by atoms with Gasteiger partial charge in [0.25, 0.3) is 5.56 Å². The predicted molar refractivity (Wildman–Crippen MR) is 115 cm³/mol. The number of nitrogens with zero attached hydrogens (tertiary/aromatic N) is 4. The molecular formula is C21H26N4O2S. The van der Waals surface area contributed by atoms with Crippen LogP contribution in [-0.2, 0) is 13.1 Å². The lowest BCUT2D eigenvalue weighted by molar-refractivity contribution is 0.574. The minimum Gasteiger partial charge on any atom is -0.348 e. The molecule has 148 valence electrons. The minimum atomic E-state index is -0.268. The second-order valence-electron chi connectivity index (χ2n) is 7.51. The van der Waals surface area contributed by atoms with Gasteiger partial charge in [-0.15, -0.1) is 0 Å². The quantitative estimate of drug-likeness (QED) is 0.661. The molecule has 0 saturated carbocycles. The van der Waals surface area contributed by atoms with Crippen molar-refractivity contribution in [1.29, 1.82) is 0 Å². The highest BCUT2D eigenvalue weighted by Gasteiger charge is 2.21. The Labute approximate surface area is 168 Å². The van der Waals surface area contributed by atoms with Crippen LogP contribution >= 0.6 is 11.3 Å². The summed E-state index contributed by atoms with van der Waals surface area (Å²) in [7, 11) is 0. The summed E-state index contributed by atoms with van der Waals surface area (Å²) >= 11 is 1.43.